The monoisotopic (exact) mass is 1070 g/mol. The quantitative estimate of drug-likeness (QED) is 0.143. The van der Waals surface area contributed by atoms with Crippen LogP contribution in [0.5, 0.6) is 0 Å². The Labute approximate surface area is 468 Å². The molecule has 9 aromatic carbocycles. The number of anilines is 9. The molecule has 11 rings (SSSR count). The highest BCUT2D eigenvalue weighted by Crippen LogP contribution is 2.55. The van der Waals surface area contributed by atoms with E-state index in [0.29, 0.717) is 0 Å². The van der Waals surface area contributed by atoms with Crippen molar-refractivity contribution in [3.8, 4) is 22.3 Å². The van der Waals surface area contributed by atoms with E-state index >= 15 is 0 Å². The van der Waals surface area contributed by atoms with Gasteiger partial charge >= 0.3 is 0 Å². The zero-order valence-electron chi connectivity index (χ0n) is 47.7. The van der Waals surface area contributed by atoms with Gasteiger partial charge in [0.15, 0.2) is 0 Å². The lowest BCUT2D eigenvalue weighted by molar-refractivity contribution is 0.590. The molecular formula is C73H74BrN3. The van der Waals surface area contributed by atoms with E-state index in [1.165, 1.54) is 61.2 Å². The smallest absolute Gasteiger partial charge is 0.0657 e. The van der Waals surface area contributed by atoms with Gasteiger partial charge in [-0.1, -0.05) is 193 Å². The Morgan fingerprint density at radius 3 is 1.01 bits per heavy atom. The Hall–Kier alpha value is -7.14. The van der Waals surface area contributed by atoms with Crippen molar-refractivity contribution in [2.75, 3.05) is 14.7 Å². The summed E-state index contributed by atoms with van der Waals surface area (Å²) < 4.78 is 0.992. The number of fused-ring (bicyclic) bond motifs is 6. The van der Waals surface area contributed by atoms with E-state index in [4.69, 9.17) is 0 Å². The van der Waals surface area contributed by atoms with Gasteiger partial charge in [0.1, 0.15) is 0 Å². The van der Waals surface area contributed by atoms with Crippen molar-refractivity contribution >= 4 is 67.1 Å². The molecule has 2 aliphatic carbocycles. The van der Waals surface area contributed by atoms with Gasteiger partial charge in [0.25, 0.3) is 0 Å². The molecule has 388 valence electrons. The molecule has 0 saturated carbocycles. The van der Waals surface area contributed by atoms with Crippen LogP contribution in [0, 0.1) is 6.92 Å². The van der Waals surface area contributed by atoms with E-state index in [0.717, 1.165) is 61.2 Å². The Morgan fingerprint density at radius 1 is 0.312 bits per heavy atom. The first-order chi connectivity index (χ1) is 36.4. The summed E-state index contributed by atoms with van der Waals surface area (Å²) in [5, 5.41) is 0. The molecular weight excluding hydrogens is 999 g/mol. The molecule has 77 heavy (non-hydrogen) atoms. The minimum absolute atomic E-state index is 0.00989. The molecule has 3 nitrogen and oxygen atoms in total. The molecule has 0 amide bonds. The predicted molar refractivity (Wildman–Crippen MR) is 334 cm³/mol. The average molecular weight is 1070 g/mol. The van der Waals surface area contributed by atoms with Gasteiger partial charge in [0.2, 0.25) is 0 Å². The third-order valence-electron chi connectivity index (χ3n) is 16.6. The molecule has 0 unspecified atom stereocenters. The molecule has 0 fully saturated rings. The van der Waals surface area contributed by atoms with Gasteiger partial charge in [-0.05, 0) is 197 Å². The molecule has 0 heterocycles. The average Bonchev–Trinajstić information content (AvgIpc) is 3.76. The third kappa shape index (κ3) is 9.21. The maximum absolute atomic E-state index is 4.44. The fourth-order valence-electron chi connectivity index (χ4n) is 12.1. The summed E-state index contributed by atoms with van der Waals surface area (Å²) in [7, 11) is 0. The van der Waals surface area contributed by atoms with Gasteiger partial charge in [0.05, 0.1) is 15.8 Å². The number of halogens is 1. The van der Waals surface area contributed by atoms with Crippen molar-refractivity contribution < 1.29 is 0 Å². The summed E-state index contributed by atoms with van der Waals surface area (Å²) in [6.45, 7) is 32.3. The molecule has 0 spiro atoms. The van der Waals surface area contributed by atoms with E-state index in [1.54, 1.807) is 0 Å². The van der Waals surface area contributed by atoms with Gasteiger partial charge in [-0.2, -0.15) is 0 Å². The molecule has 0 radical (unpaired) electrons. The molecule has 9 aromatic rings. The minimum Gasteiger partial charge on any atom is -0.310 e. The zero-order valence-corrected chi connectivity index (χ0v) is 49.3. The van der Waals surface area contributed by atoms with Crippen molar-refractivity contribution in [1.82, 2.24) is 0 Å². The van der Waals surface area contributed by atoms with Crippen LogP contribution in [-0.2, 0) is 27.1 Å². The van der Waals surface area contributed by atoms with Crippen LogP contribution >= 0.6 is 15.9 Å². The second-order valence-electron chi connectivity index (χ2n) is 25.8. The van der Waals surface area contributed by atoms with Gasteiger partial charge in [-0.15, -0.1) is 0 Å². The van der Waals surface area contributed by atoms with Crippen molar-refractivity contribution in [2.24, 2.45) is 0 Å². The van der Waals surface area contributed by atoms with E-state index in [-0.39, 0.29) is 27.1 Å². The van der Waals surface area contributed by atoms with Crippen molar-refractivity contribution in [3.63, 3.8) is 0 Å². The summed E-state index contributed by atoms with van der Waals surface area (Å²) in [4.78, 5) is 7.35. The van der Waals surface area contributed by atoms with E-state index in [2.05, 4.69) is 322 Å². The molecule has 2 aliphatic rings. The number of hydrogen-bond donors (Lipinski definition) is 0. The Morgan fingerprint density at radius 2 is 0.623 bits per heavy atom. The number of nitrogens with zero attached hydrogens (tertiary/aromatic N) is 3. The summed E-state index contributed by atoms with van der Waals surface area (Å²) in [6.07, 6.45) is 0. The fraction of sp³-hybridized carbons (Fsp3) is 0.260. The van der Waals surface area contributed by atoms with Gasteiger partial charge in [-0.3, -0.25) is 0 Å². The van der Waals surface area contributed by atoms with E-state index < -0.39 is 0 Å². The summed E-state index contributed by atoms with van der Waals surface area (Å²) in [5.74, 6) is 0. The molecule has 0 aliphatic heterocycles. The molecule has 4 heteroatoms. The third-order valence-corrected chi connectivity index (χ3v) is 17.4. The van der Waals surface area contributed by atoms with Crippen molar-refractivity contribution in [1.29, 1.82) is 0 Å². The Bertz CT molecular complexity index is 3540. The van der Waals surface area contributed by atoms with Crippen LogP contribution in [0.15, 0.2) is 199 Å². The maximum Gasteiger partial charge on any atom is 0.0657 e. The first kappa shape index (κ1) is 51.9. The molecule has 0 bridgehead atoms. The Kier molecular flexibility index (Phi) is 12.7. The Balaban J connectivity index is 1.12. The number of rotatable bonds is 9. The van der Waals surface area contributed by atoms with E-state index in [9.17, 15) is 0 Å². The minimum atomic E-state index is -0.178. The van der Waals surface area contributed by atoms with Crippen molar-refractivity contribution in [2.45, 2.75) is 124 Å². The standard InChI is InChI=1S/C73H74BrN3/c1-47-42-66(68(74)67(43-47)77(56-38-40-60-58-22-15-17-24-62(58)72(11,12)64(60)45-56)57-39-41-61-59-23-16-18-25-63(59)73(13,14)65(61)46-57)76(53-36-30-50(31-37-53)71(8,9)10)55-21-19-20-54(44-55)75(51-32-26-48(27-33-51)69(2,3)4)52-34-28-49(29-35-52)70(5,6)7/h15-46H,1-14H3. The van der Waals surface area contributed by atoms with Crippen LogP contribution in [0.3, 0.4) is 0 Å². The van der Waals surface area contributed by atoms with Crippen LogP contribution in [-0.4, -0.2) is 0 Å². The first-order valence-electron chi connectivity index (χ1n) is 27.5. The predicted octanol–water partition coefficient (Wildman–Crippen LogP) is 21.7. The topological polar surface area (TPSA) is 9.72 Å². The lowest BCUT2D eigenvalue weighted by Crippen LogP contribution is -2.19. The zero-order chi connectivity index (χ0) is 54.6. The first-order valence-corrected chi connectivity index (χ1v) is 28.3. The second kappa shape index (κ2) is 18.8. The summed E-state index contributed by atoms with van der Waals surface area (Å²) in [6, 6.07) is 73.5. The summed E-state index contributed by atoms with van der Waals surface area (Å²) >= 11 is 4.44. The van der Waals surface area contributed by atoms with Crippen molar-refractivity contribution in [3.05, 3.63) is 243 Å². The number of aryl methyl sites for hydroxylation is 1. The molecule has 0 aromatic heterocycles. The highest BCUT2D eigenvalue weighted by molar-refractivity contribution is 9.10. The normalized spacial score (nSPS) is 14.1. The number of benzene rings is 9. The highest BCUT2D eigenvalue weighted by Gasteiger charge is 2.38. The van der Waals surface area contributed by atoms with Crippen LogP contribution in [0.4, 0.5) is 51.2 Å². The SMILES string of the molecule is Cc1cc(N(c2ccc(C(C)(C)C)cc2)c2cccc(N(c3ccc(C(C)(C)C)cc3)c3ccc(C(C)(C)C)cc3)c2)c(Br)c(N(c2ccc3c(c2)C(C)(C)c2ccccc2-3)c2ccc3c(c2)C(C)(C)c2ccccc2-3)c1. The van der Waals surface area contributed by atoms with Crippen LogP contribution in [0.25, 0.3) is 22.3 Å². The maximum atomic E-state index is 4.44. The lowest BCUT2D eigenvalue weighted by Gasteiger charge is -2.34. The summed E-state index contributed by atoms with van der Waals surface area (Å²) in [5.41, 5.74) is 25.1. The van der Waals surface area contributed by atoms with E-state index in [1.807, 2.05) is 0 Å². The second-order valence-corrected chi connectivity index (χ2v) is 26.6. The lowest BCUT2D eigenvalue weighted by atomic mass is 9.82. The van der Waals surface area contributed by atoms with Gasteiger partial charge in [0, 0.05) is 50.6 Å². The highest BCUT2D eigenvalue weighted by atomic mass is 79.9. The van der Waals surface area contributed by atoms with Crippen LogP contribution in [0.1, 0.15) is 135 Å². The van der Waals surface area contributed by atoms with Gasteiger partial charge < -0.3 is 14.7 Å². The fourth-order valence-corrected chi connectivity index (χ4v) is 12.7. The largest absolute Gasteiger partial charge is 0.310 e. The van der Waals surface area contributed by atoms with Crippen LogP contribution < -0.4 is 14.7 Å². The molecule has 0 atom stereocenters. The number of hydrogen-bond acceptors (Lipinski definition) is 3. The van der Waals surface area contributed by atoms with Gasteiger partial charge in [-0.25, -0.2) is 0 Å². The molecule has 0 saturated heterocycles. The molecule has 0 N–H and O–H groups in total. The van der Waals surface area contributed by atoms with Crippen LogP contribution in [0.2, 0.25) is 0 Å².